The second-order valence-corrected chi connectivity index (χ2v) is 5.26. The summed E-state index contributed by atoms with van der Waals surface area (Å²) in [7, 11) is 2.08. The van der Waals surface area contributed by atoms with Crippen molar-refractivity contribution in [3.63, 3.8) is 0 Å². The average Bonchev–Trinajstić information content (AvgIpc) is 3.01. The quantitative estimate of drug-likeness (QED) is 0.913. The van der Waals surface area contributed by atoms with E-state index in [1.807, 2.05) is 24.3 Å². The Bertz CT molecular complexity index is 534. The van der Waals surface area contributed by atoms with E-state index >= 15 is 0 Å². The van der Waals surface area contributed by atoms with E-state index in [1.165, 1.54) is 6.42 Å². The lowest BCUT2D eigenvalue weighted by atomic mass is 10.1. The summed E-state index contributed by atoms with van der Waals surface area (Å²) in [4.78, 5) is 6.28. The van der Waals surface area contributed by atoms with Crippen molar-refractivity contribution in [1.82, 2.24) is 20.5 Å². The number of rotatable bonds is 4. The molecule has 1 aliphatic rings. The fraction of sp³-hybridized carbons (Fsp3) is 0.400. The number of pyridine rings is 1. The highest BCUT2D eigenvalue weighted by Crippen LogP contribution is 2.18. The average molecular weight is 269 g/mol. The van der Waals surface area contributed by atoms with Gasteiger partial charge in [-0.05, 0) is 49.7 Å². The van der Waals surface area contributed by atoms with E-state index in [-0.39, 0.29) is 0 Å². The van der Waals surface area contributed by atoms with Crippen LogP contribution in [0.2, 0.25) is 0 Å². The molecular formula is C15H19N5. The van der Waals surface area contributed by atoms with Crippen molar-refractivity contribution >= 4 is 5.82 Å². The summed E-state index contributed by atoms with van der Waals surface area (Å²) < 4.78 is 0. The van der Waals surface area contributed by atoms with Gasteiger partial charge < -0.3 is 10.2 Å². The molecule has 5 nitrogen and oxygen atoms in total. The zero-order chi connectivity index (χ0) is 13.8. The Labute approximate surface area is 119 Å². The third kappa shape index (κ3) is 2.93. The van der Waals surface area contributed by atoms with Gasteiger partial charge in [-0.3, -0.25) is 4.98 Å². The lowest BCUT2D eigenvalue weighted by Crippen LogP contribution is -2.27. The maximum absolute atomic E-state index is 4.32. The van der Waals surface area contributed by atoms with Crippen molar-refractivity contribution in [2.75, 3.05) is 31.6 Å². The monoisotopic (exact) mass is 269 g/mol. The van der Waals surface area contributed by atoms with Crippen LogP contribution in [0.5, 0.6) is 0 Å². The molecule has 104 valence electrons. The van der Waals surface area contributed by atoms with Crippen LogP contribution in [0.1, 0.15) is 6.42 Å². The molecule has 1 fully saturated rings. The number of nitrogens with one attached hydrogen (secondary N) is 1. The molecule has 5 heteroatoms. The Morgan fingerprint density at radius 3 is 2.90 bits per heavy atom. The summed E-state index contributed by atoms with van der Waals surface area (Å²) in [5.74, 6) is 1.63. The maximum atomic E-state index is 4.32. The van der Waals surface area contributed by atoms with Gasteiger partial charge in [0, 0.05) is 31.5 Å². The first-order valence-electron chi connectivity index (χ1n) is 6.99. The molecule has 0 bridgehead atoms. The van der Waals surface area contributed by atoms with Crippen molar-refractivity contribution in [3.8, 4) is 11.3 Å². The van der Waals surface area contributed by atoms with E-state index in [4.69, 9.17) is 0 Å². The van der Waals surface area contributed by atoms with Gasteiger partial charge in [-0.1, -0.05) is 0 Å². The molecule has 0 spiro atoms. The van der Waals surface area contributed by atoms with E-state index in [9.17, 15) is 0 Å². The molecule has 2 aromatic heterocycles. The van der Waals surface area contributed by atoms with Crippen LogP contribution in [0.15, 0.2) is 36.7 Å². The van der Waals surface area contributed by atoms with Crippen LogP contribution in [0, 0.1) is 5.92 Å². The van der Waals surface area contributed by atoms with E-state index in [2.05, 4.69) is 32.4 Å². The number of hydrogen-bond acceptors (Lipinski definition) is 5. The Morgan fingerprint density at radius 2 is 2.25 bits per heavy atom. The summed E-state index contributed by atoms with van der Waals surface area (Å²) in [5, 5.41) is 12.0. The molecule has 3 rings (SSSR count). The third-order valence-electron chi connectivity index (χ3n) is 3.69. The van der Waals surface area contributed by atoms with Crippen LogP contribution in [-0.4, -0.2) is 41.9 Å². The van der Waals surface area contributed by atoms with Gasteiger partial charge >= 0.3 is 0 Å². The van der Waals surface area contributed by atoms with E-state index in [0.29, 0.717) is 5.92 Å². The minimum absolute atomic E-state index is 0.708. The zero-order valence-electron chi connectivity index (χ0n) is 11.7. The van der Waals surface area contributed by atoms with Gasteiger partial charge in [0.05, 0.1) is 5.69 Å². The van der Waals surface area contributed by atoms with Gasteiger partial charge in [0.15, 0.2) is 5.82 Å². The van der Waals surface area contributed by atoms with Crippen molar-refractivity contribution < 1.29 is 0 Å². The molecule has 1 N–H and O–H groups in total. The topological polar surface area (TPSA) is 53.9 Å². The highest BCUT2D eigenvalue weighted by molar-refractivity contribution is 5.58. The van der Waals surface area contributed by atoms with Crippen LogP contribution in [0.4, 0.5) is 5.82 Å². The van der Waals surface area contributed by atoms with Crippen molar-refractivity contribution in [2.24, 2.45) is 5.92 Å². The molecule has 2 aromatic rings. The Balaban J connectivity index is 1.69. The van der Waals surface area contributed by atoms with Gasteiger partial charge in [-0.2, -0.15) is 0 Å². The molecule has 0 aromatic carbocycles. The predicted molar refractivity (Wildman–Crippen MR) is 79.5 cm³/mol. The molecule has 0 aliphatic carbocycles. The summed E-state index contributed by atoms with van der Waals surface area (Å²) in [6.07, 6.45) is 4.80. The lowest BCUT2D eigenvalue weighted by Gasteiger charge is -2.21. The molecule has 3 heterocycles. The number of hydrogen-bond donors (Lipinski definition) is 1. The number of anilines is 1. The predicted octanol–water partition coefficient (Wildman–Crippen LogP) is 1.58. The Hall–Kier alpha value is -2.01. The van der Waals surface area contributed by atoms with Crippen LogP contribution in [0.3, 0.4) is 0 Å². The molecule has 0 amide bonds. The second-order valence-electron chi connectivity index (χ2n) is 5.26. The third-order valence-corrected chi connectivity index (χ3v) is 3.69. The first kappa shape index (κ1) is 13.0. The normalized spacial score (nSPS) is 18.1. The van der Waals surface area contributed by atoms with Crippen LogP contribution >= 0.6 is 0 Å². The zero-order valence-corrected chi connectivity index (χ0v) is 11.7. The van der Waals surface area contributed by atoms with E-state index in [0.717, 1.165) is 36.7 Å². The molecular weight excluding hydrogens is 250 g/mol. The molecule has 0 saturated carbocycles. The first-order chi connectivity index (χ1) is 9.83. The molecule has 20 heavy (non-hydrogen) atoms. The highest BCUT2D eigenvalue weighted by Gasteiger charge is 2.17. The van der Waals surface area contributed by atoms with E-state index in [1.54, 1.807) is 12.4 Å². The Morgan fingerprint density at radius 1 is 1.30 bits per heavy atom. The van der Waals surface area contributed by atoms with Crippen LogP contribution < -0.4 is 10.2 Å². The second kappa shape index (κ2) is 5.96. The number of nitrogens with zero attached hydrogens (tertiary/aromatic N) is 4. The van der Waals surface area contributed by atoms with Crippen LogP contribution in [-0.2, 0) is 0 Å². The minimum atomic E-state index is 0.708. The van der Waals surface area contributed by atoms with Gasteiger partial charge in [0.2, 0.25) is 0 Å². The van der Waals surface area contributed by atoms with Gasteiger partial charge in [-0.25, -0.2) is 0 Å². The van der Waals surface area contributed by atoms with Gasteiger partial charge in [0.25, 0.3) is 0 Å². The van der Waals surface area contributed by atoms with Crippen LogP contribution in [0.25, 0.3) is 11.3 Å². The smallest absolute Gasteiger partial charge is 0.151 e. The fourth-order valence-electron chi connectivity index (χ4n) is 2.55. The SMILES string of the molecule is CN(CC1CCNC1)c1ccc(-c2cccnc2)nn1. The highest BCUT2D eigenvalue weighted by atomic mass is 15.2. The Kier molecular flexibility index (Phi) is 3.87. The number of aromatic nitrogens is 3. The van der Waals surface area contributed by atoms with E-state index < -0.39 is 0 Å². The summed E-state index contributed by atoms with van der Waals surface area (Å²) in [6.45, 7) is 3.25. The molecule has 1 atom stereocenters. The minimum Gasteiger partial charge on any atom is -0.358 e. The molecule has 1 unspecified atom stereocenters. The molecule has 1 saturated heterocycles. The van der Waals surface area contributed by atoms with Crippen molar-refractivity contribution in [1.29, 1.82) is 0 Å². The molecule has 0 radical (unpaired) electrons. The largest absolute Gasteiger partial charge is 0.358 e. The van der Waals surface area contributed by atoms with Gasteiger partial charge in [-0.15, -0.1) is 10.2 Å². The standard InChI is InChI=1S/C15H19N5/c1-20(11-12-6-8-17-9-12)15-5-4-14(18-19-15)13-3-2-7-16-10-13/h2-5,7,10,12,17H,6,8-9,11H2,1H3. The maximum Gasteiger partial charge on any atom is 0.151 e. The summed E-state index contributed by atoms with van der Waals surface area (Å²) in [6, 6.07) is 7.93. The first-order valence-corrected chi connectivity index (χ1v) is 6.99. The van der Waals surface area contributed by atoms with Crippen molar-refractivity contribution in [3.05, 3.63) is 36.7 Å². The fourth-order valence-corrected chi connectivity index (χ4v) is 2.55. The molecule has 1 aliphatic heterocycles. The lowest BCUT2D eigenvalue weighted by molar-refractivity contribution is 0.574. The van der Waals surface area contributed by atoms with Gasteiger partial charge in [0.1, 0.15) is 0 Å². The van der Waals surface area contributed by atoms with Crippen molar-refractivity contribution in [2.45, 2.75) is 6.42 Å². The summed E-state index contributed by atoms with van der Waals surface area (Å²) >= 11 is 0. The summed E-state index contributed by atoms with van der Waals surface area (Å²) in [5.41, 5.74) is 1.85.